The molecule has 8 heteroatoms. The Morgan fingerprint density at radius 2 is 2.00 bits per heavy atom. The molecule has 154 valence electrons. The third-order valence-corrected chi connectivity index (χ3v) is 6.14. The van der Waals surface area contributed by atoms with Crippen LogP contribution in [0.5, 0.6) is 0 Å². The van der Waals surface area contributed by atoms with E-state index in [2.05, 4.69) is 26.2 Å². The number of fused-ring (bicyclic) bond motifs is 1. The lowest BCUT2D eigenvalue weighted by Gasteiger charge is -2.10. The van der Waals surface area contributed by atoms with Crippen LogP contribution in [0.15, 0.2) is 81.2 Å². The number of carbonyl (C=O) groups excluding carboxylic acids is 1. The quantitative estimate of drug-likeness (QED) is 0.300. The maximum atomic E-state index is 13.6. The second kappa shape index (κ2) is 8.13. The highest BCUT2D eigenvalue weighted by Gasteiger charge is 2.19. The molecule has 3 aromatic heterocycles. The predicted octanol–water partition coefficient (Wildman–Crippen LogP) is 6.56. The molecule has 0 aliphatic rings. The standard InChI is InChI=1S/C23H15BrFN3O2S/c24-16-6-4-15(5-7-16)18-13-31-23(26-18)27-22(29)20-11-21-19(8-9-30-21)28(20)12-14-2-1-3-17(25)10-14/h1-11,13H,12H2,(H,26,27,29). The van der Waals surface area contributed by atoms with Crippen molar-refractivity contribution in [3.63, 3.8) is 0 Å². The van der Waals surface area contributed by atoms with Crippen LogP contribution >= 0.6 is 27.3 Å². The molecule has 1 amide bonds. The van der Waals surface area contributed by atoms with Gasteiger partial charge in [0.05, 0.1) is 17.5 Å². The van der Waals surface area contributed by atoms with Gasteiger partial charge in [-0.25, -0.2) is 9.37 Å². The summed E-state index contributed by atoms with van der Waals surface area (Å²) >= 11 is 4.78. The number of anilines is 1. The van der Waals surface area contributed by atoms with Gasteiger partial charge in [-0.15, -0.1) is 11.3 Å². The minimum Gasteiger partial charge on any atom is -0.463 e. The number of thiazole rings is 1. The summed E-state index contributed by atoms with van der Waals surface area (Å²) in [5, 5.41) is 5.27. The van der Waals surface area contributed by atoms with Crippen LogP contribution in [0, 0.1) is 5.82 Å². The Labute approximate surface area is 189 Å². The van der Waals surface area contributed by atoms with E-state index in [1.54, 1.807) is 24.5 Å². The van der Waals surface area contributed by atoms with Gasteiger partial charge in [-0.2, -0.15) is 0 Å². The number of hydrogen-bond donors (Lipinski definition) is 1. The molecule has 5 nitrogen and oxygen atoms in total. The first-order valence-corrected chi connectivity index (χ1v) is 11.1. The number of aromatic nitrogens is 2. The number of halogens is 2. The number of hydrogen-bond acceptors (Lipinski definition) is 4. The highest BCUT2D eigenvalue weighted by molar-refractivity contribution is 9.10. The van der Waals surface area contributed by atoms with Crippen molar-refractivity contribution in [2.24, 2.45) is 0 Å². The first kappa shape index (κ1) is 19.7. The first-order valence-electron chi connectivity index (χ1n) is 9.41. The van der Waals surface area contributed by atoms with Crippen molar-refractivity contribution in [1.82, 2.24) is 9.55 Å². The highest BCUT2D eigenvalue weighted by atomic mass is 79.9. The van der Waals surface area contributed by atoms with Crippen LogP contribution in [0.25, 0.3) is 22.4 Å². The van der Waals surface area contributed by atoms with Crippen LogP contribution in [0.4, 0.5) is 9.52 Å². The third-order valence-electron chi connectivity index (χ3n) is 4.85. The van der Waals surface area contributed by atoms with E-state index in [9.17, 15) is 9.18 Å². The zero-order chi connectivity index (χ0) is 21.4. The molecule has 0 spiro atoms. The number of amides is 1. The Balaban J connectivity index is 1.42. The summed E-state index contributed by atoms with van der Waals surface area (Å²) in [7, 11) is 0. The summed E-state index contributed by atoms with van der Waals surface area (Å²) < 4.78 is 21.9. The molecular weight excluding hydrogens is 481 g/mol. The molecule has 5 aromatic rings. The molecule has 0 aliphatic carbocycles. The Morgan fingerprint density at radius 3 is 2.81 bits per heavy atom. The van der Waals surface area contributed by atoms with Gasteiger partial charge in [-0.3, -0.25) is 10.1 Å². The second-order valence-corrected chi connectivity index (χ2v) is 8.69. The van der Waals surface area contributed by atoms with E-state index in [1.165, 1.54) is 23.5 Å². The number of nitrogens with one attached hydrogen (secondary N) is 1. The molecule has 0 aliphatic heterocycles. The van der Waals surface area contributed by atoms with Gasteiger partial charge in [-0.05, 0) is 29.8 Å². The number of carbonyl (C=O) groups is 1. The summed E-state index contributed by atoms with van der Waals surface area (Å²) in [5.41, 5.74) is 4.28. The van der Waals surface area contributed by atoms with Gasteiger partial charge in [0.15, 0.2) is 10.7 Å². The van der Waals surface area contributed by atoms with Crippen molar-refractivity contribution in [2.45, 2.75) is 6.54 Å². The van der Waals surface area contributed by atoms with Crippen molar-refractivity contribution in [2.75, 3.05) is 5.32 Å². The molecule has 0 saturated carbocycles. The molecule has 0 fully saturated rings. The summed E-state index contributed by atoms with van der Waals surface area (Å²) in [6.07, 6.45) is 1.57. The fourth-order valence-electron chi connectivity index (χ4n) is 3.40. The van der Waals surface area contributed by atoms with Crippen molar-refractivity contribution in [3.8, 4) is 11.3 Å². The maximum absolute atomic E-state index is 13.6. The van der Waals surface area contributed by atoms with E-state index in [-0.39, 0.29) is 11.7 Å². The molecule has 0 saturated heterocycles. The average molecular weight is 496 g/mol. The Bertz CT molecular complexity index is 1390. The molecule has 5 rings (SSSR count). The highest BCUT2D eigenvalue weighted by Crippen LogP contribution is 2.28. The molecule has 0 atom stereocenters. The average Bonchev–Trinajstić information content (AvgIpc) is 3.46. The summed E-state index contributed by atoms with van der Waals surface area (Å²) in [6.45, 7) is 0.339. The monoisotopic (exact) mass is 495 g/mol. The van der Waals surface area contributed by atoms with Crippen molar-refractivity contribution < 1.29 is 13.6 Å². The van der Waals surface area contributed by atoms with Gasteiger partial charge in [-0.1, -0.05) is 40.2 Å². The SMILES string of the molecule is O=C(Nc1nc(-c2ccc(Br)cc2)cs1)c1cc2occc2n1Cc1cccc(F)c1. The Morgan fingerprint density at radius 1 is 1.16 bits per heavy atom. The molecule has 31 heavy (non-hydrogen) atoms. The molecular formula is C23H15BrFN3O2S. The fourth-order valence-corrected chi connectivity index (χ4v) is 4.38. The zero-order valence-corrected chi connectivity index (χ0v) is 18.4. The van der Waals surface area contributed by atoms with Crippen LogP contribution < -0.4 is 5.32 Å². The largest absolute Gasteiger partial charge is 0.463 e. The van der Waals surface area contributed by atoms with Crippen LogP contribution in [0.1, 0.15) is 16.1 Å². The van der Waals surface area contributed by atoms with Gasteiger partial charge >= 0.3 is 0 Å². The normalized spacial score (nSPS) is 11.2. The first-order chi connectivity index (χ1) is 15.1. The molecule has 0 unspecified atom stereocenters. The lowest BCUT2D eigenvalue weighted by molar-refractivity contribution is 0.101. The van der Waals surface area contributed by atoms with Gasteiger partial charge < -0.3 is 8.98 Å². The van der Waals surface area contributed by atoms with E-state index in [4.69, 9.17) is 4.42 Å². The molecule has 1 N–H and O–H groups in total. The fraction of sp³-hybridized carbons (Fsp3) is 0.0435. The second-order valence-electron chi connectivity index (χ2n) is 6.91. The van der Waals surface area contributed by atoms with E-state index in [0.717, 1.165) is 26.8 Å². The van der Waals surface area contributed by atoms with E-state index < -0.39 is 0 Å². The topological polar surface area (TPSA) is 60.1 Å². The van der Waals surface area contributed by atoms with E-state index >= 15 is 0 Å². The van der Waals surface area contributed by atoms with Crippen molar-refractivity contribution in [1.29, 1.82) is 0 Å². The summed E-state index contributed by atoms with van der Waals surface area (Å²) in [5.74, 6) is -0.623. The number of furan rings is 1. The van der Waals surface area contributed by atoms with Crippen LogP contribution in [-0.4, -0.2) is 15.5 Å². The third kappa shape index (κ3) is 4.04. The summed E-state index contributed by atoms with van der Waals surface area (Å²) in [6, 6.07) is 17.6. The van der Waals surface area contributed by atoms with E-state index in [1.807, 2.05) is 40.3 Å². The lowest BCUT2D eigenvalue weighted by atomic mass is 10.2. The van der Waals surface area contributed by atoms with Crippen molar-refractivity contribution in [3.05, 3.63) is 93.9 Å². The number of benzene rings is 2. The Kier molecular flexibility index (Phi) is 5.17. The number of nitrogens with zero attached hydrogens (tertiary/aromatic N) is 2. The molecule has 0 radical (unpaired) electrons. The van der Waals surface area contributed by atoms with E-state index in [0.29, 0.717) is 23.0 Å². The van der Waals surface area contributed by atoms with Crippen LogP contribution in [0.3, 0.4) is 0 Å². The van der Waals surface area contributed by atoms with Crippen molar-refractivity contribution >= 4 is 49.4 Å². The van der Waals surface area contributed by atoms with Crippen LogP contribution in [0.2, 0.25) is 0 Å². The minimum atomic E-state index is -0.317. The molecule has 3 heterocycles. The van der Waals surface area contributed by atoms with Crippen LogP contribution in [-0.2, 0) is 6.54 Å². The predicted molar refractivity (Wildman–Crippen MR) is 123 cm³/mol. The smallest absolute Gasteiger partial charge is 0.274 e. The Hall–Kier alpha value is -3.23. The van der Waals surface area contributed by atoms with Gasteiger partial charge in [0.2, 0.25) is 0 Å². The van der Waals surface area contributed by atoms with Gasteiger partial charge in [0.25, 0.3) is 5.91 Å². The lowest BCUT2D eigenvalue weighted by Crippen LogP contribution is -2.17. The van der Waals surface area contributed by atoms with Gasteiger partial charge in [0, 0.05) is 34.1 Å². The summed E-state index contributed by atoms with van der Waals surface area (Å²) in [4.78, 5) is 17.6. The zero-order valence-electron chi connectivity index (χ0n) is 16.0. The number of rotatable bonds is 5. The molecule has 0 bridgehead atoms. The minimum absolute atomic E-state index is 0.306. The maximum Gasteiger partial charge on any atom is 0.274 e. The van der Waals surface area contributed by atoms with Gasteiger partial charge in [0.1, 0.15) is 11.5 Å². The molecule has 2 aromatic carbocycles.